The second-order valence-electron chi connectivity index (χ2n) is 9.02. The van der Waals surface area contributed by atoms with E-state index in [-0.39, 0.29) is 29.3 Å². The highest BCUT2D eigenvalue weighted by atomic mass is 16.2. The molecule has 0 radical (unpaired) electrons. The van der Waals surface area contributed by atoms with E-state index >= 15 is 0 Å². The number of carbonyl (C=O) groups is 2. The molecule has 1 aromatic carbocycles. The Morgan fingerprint density at radius 2 is 1.87 bits per heavy atom. The maximum Gasteiger partial charge on any atom is 0.321 e. The molecule has 2 N–H and O–H groups in total. The van der Waals surface area contributed by atoms with Crippen LogP contribution in [-0.2, 0) is 6.54 Å². The first-order valence-electron chi connectivity index (χ1n) is 11.0. The minimum atomic E-state index is -0.205. The standard InChI is InChI=1S/C24H30N4O3/c1-16(2)10-11-25-23(30)19-6-3-4-7-20(19)26-24(31)27-13-17-12-18(15-27)21-8-5-9-22(29)28(21)14-17/h3-9,16-18H,10-15H2,1-2H3,(H,25,30)(H,26,31). The fourth-order valence-electron chi connectivity index (χ4n) is 4.62. The fourth-order valence-corrected chi connectivity index (χ4v) is 4.62. The molecular weight excluding hydrogens is 392 g/mol. The maximum absolute atomic E-state index is 13.1. The Hall–Kier alpha value is -3.09. The van der Waals surface area contributed by atoms with E-state index in [1.54, 1.807) is 30.3 Å². The highest BCUT2D eigenvalue weighted by molar-refractivity contribution is 6.03. The number of pyridine rings is 1. The van der Waals surface area contributed by atoms with Gasteiger partial charge >= 0.3 is 6.03 Å². The number of likely N-dealkylation sites (tertiary alicyclic amines) is 1. The minimum Gasteiger partial charge on any atom is -0.352 e. The van der Waals surface area contributed by atoms with Gasteiger partial charge in [-0.25, -0.2) is 4.79 Å². The van der Waals surface area contributed by atoms with Crippen molar-refractivity contribution in [1.82, 2.24) is 14.8 Å². The monoisotopic (exact) mass is 422 g/mol. The van der Waals surface area contributed by atoms with Crippen LogP contribution in [0.25, 0.3) is 0 Å². The van der Waals surface area contributed by atoms with Crippen LogP contribution in [0.15, 0.2) is 47.3 Å². The number of urea groups is 1. The van der Waals surface area contributed by atoms with E-state index in [0.717, 1.165) is 18.5 Å². The second-order valence-corrected chi connectivity index (χ2v) is 9.02. The average Bonchev–Trinajstić information content (AvgIpc) is 2.74. The number of hydrogen-bond donors (Lipinski definition) is 2. The van der Waals surface area contributed by atoms with Crippen LogP contribution in [0.4, 0.5) is 10.5 Å². The Balaban J connectivity index is 1.45. The van der Waals surface area contributed by atoms with E-state index in [1.807, 2.05) is 21.6 Å². The Morgan fingerprint density at radius 3 is 2.68 bits per heavy atom. The topological polar surface area (TPSA) is 83.4 Å². The van der Waals surface area contributed by atoms with Crippen molar-refractivity contribution in [2.24, 2.45) is 11.8 Å². The Morgan fingerprint density at radius 1 is 1.06 bits per heavy atom. The maximum atomic E-state index is 13.1. The number of para-hydroxylation sites is 1. The average molecular weight is 423 g/mol. The molecule has 7 nitrogen and oxygen atoms in total. The van der Waals surface area contributed by atoms with Gasteiger partial charge in [0.05, 0.1) is 11.3 Å². The van der Waals surface area contributed by atoms with Gasteiger partial charge in [0.1, 0.15) is 0 Å². The van der Waals surface area contributed by atoms with Crippen LogP contribution in [0.2, 0.25) is 0 Å². The van der Waals surface area contributed by atoms with E-state index < -0.39 is 0 Å². The molecule has 3 amide bonds. The smallest absolute Gasteiger partial charge is 0.321 e. The third-order valence-corrected chi connectivity index (χ3v) is 6.19. The lowest BCUT2D eigenvalue weighted by molar-refractivity contribution is 0.0953. The number of nitrogens with one attached hydrogen (secondary N) is 2. The van der Waals surface area contributed by atoms with Crippen molar-refractivity contribution < 1.29 is 9.59 Å². The van der Waals surface area contributed by atoms with Gasteiger partial charge in [0.25, 0.3) is 11.5 Å². The summed E-state index contributed by atoms with van der Waals surface area (Å²) >= 11 is 0. The van der Waals surface area contributed by atoms with Crippen LogP contribution in [0.1, 0.15) is 48.7 Å². The zero-order valence-electron chi connectivity index (χ0n) is 18.1. The van der Waals surface area contributed by atoms with Crippen LogP contribution in [0.5, 0.6) is 0 Å². The number of rotatable bonds is 5. The van der Waals surface area contributed by atoms with Crippen LogP contribution < -0.4 is 16.2 Å². The number of aromatic nitrogens is 1. The summed E-state index contributed by atoms with van der Waals surface area (Å²) in [7, 11) is 0. The molecule has 1 saturated heterocycles. The Bertz CT molecular complexity index is 1030. The number of fused-ring (bicyclic) bond motifs is 4. The van der Waals surface area contributed by atoms with Gasteiger partial charge in [-0.2, -0.15) is 0 Å². The second kappa shape index (κ2) is 8.96. The van der Waals surface area contributed by atoms with Crippen molar-refractivity contribution in [1.29, 1.82) is 0 Å². The van der Waals surface area contributed by atoms with E-state index in [1.165, 1.54) is 0 Å². The quantitative estimate of drug-likeness (QED) is 0.776. The molecule has 0 aliphatic carbocycles. The Kier molecular flexibility index (Phi) is 6.11. The highest BCUT2D eigenvalue weighted by Gasteiger charge is 2.36. The molecule has 0 saturated carbocycles. The molecule has 164 valence electrons. The summed E-state index contributed by atoms with van der Waals surface area (Å²) in [5.74, 6) is 0.739. The molecule has 31 heavy (non-hydrogen) atoms. The molecule has 4 rings (SSSR count). The summed E-state index contributed by atoms with van der Waals surface area (Å²) in [4.78, 5) is 39.7. The van der Waals surface area contributed by atoms with Crippen LogP contribution in [0, 0.1) is 11.8 Å². The fraction of sp³-hybridized carbons (Fsp3) is 0.458. The van der Waals surface area contributed by atoms with Gasteiger partial charge in [-0.3, -0.25) is 9.59 Å². The number of anilines is 1. The number of piperidine rings is 1. The first-order chi connectivity index (χ1) is 14.9. The summed E-state index contributed by atoms with van der Waals surface area (Å²) in [5, 5.41) is 5.88. The predicted molar refractivity (Wildman–Crippen MR) is 120 cm³/mol. The van der Waals surface area contributed by atoms with Gasteiger partial charge in [0.15, 0.2) is 0 Å². The van der Waals surface area contributed by atoms with E-state index in [2.05, 4.69) is 24.5 Å². The third-order valence-electron chi connectivity index (χ3n) is 6.19. The molecule has 2 aliphatic rings. The van der Waals surface area contributed by atoms with Crippen molar-refractivity contribution in [3.63, 3.8) is 0 Å². The van der Waals surface area contributed by atoms with Gasteiger partial charge < -0.3 is 20.1 Å². The molecule has 1 aromatic heterocycles. The van der Waals surface area contributed by atoms with Gasteiger partial charge in [-0.15, -0.1) is 0 Å². The van der Waals surface area contributed by atoms with Gasteiger partial charge in [0, 0.05) is 43.9 Å². The van der Waals surface area contributed by atoms with Crippen molar-refractivity contribution in [2.75, 3.05) is 25.0 Å². The normalized spacial score (nSPS) is 19.6. The highest BCUT2D eigenvalue weighted by Crippen LogP contribution is 2.35. The molecule has 0 spiro atoms. The van der Waals surface area contributed by atoms with Gasteiger partial charge in [0.2, 0.25) is 0 Å². The van der Waals surface area contributed by atoms with Crippen LogP contribution in [0.3, 0.4) is 0 Å². The summed E-state index contributed by atoms with van der Waals surface area (Å²) in [6.45, 7) is 6.64. The summed E-state index contributed by atoms with van der Waals surface area (Å²) in [5.41, 5.74) is 2.02. The van der Waals surface area contributed by atoms with Crippen molar-refractivity contribution in [3.8, 4) is 0 Å². The molecule has 7 heteroatoms. The zero-order chi connectivity index (χ0) is 22.0. The summed E-state index contributed by atoms with van der Waals surface area (Å²) in [6, 6.07) is 12.3. The molecule has 2 aromatic rings. The number of carbonyl (C=O) groups excluding carboxylic acids is 2. The lowest BCUT2D eigenvalue weighted by atomic mass is 9.83. The molecule has 2 bridgehead atoms. The van der Waals surface area contributed by atoms with Crippen LogP contribution >= 0.6 is 0 Å². The first kappa shape index (κ1) is 21.2. The molecule has 1 fully saturated rings. The SMILES string of the molecule is CC(C)CCNC(=O)c1ccccc1NC(=O)N1CC2CC(C1)c1cccc(=O)n1C2. The molecular formula is C24H30N4O3. The van der Waals surface area contributed by atoms with E-state index in [0.29, 0.717) is 43.3 Å². The van der Waals surface area contributed by atoms with Crippen molar-refractivity contribution in [3.05, 3.63) is 64.1 Å². The minimum absolute atomic E-state index is 0.0301. The third kappa shape index (κ3) is 4.65. The number of benzene rings is 1. The Labute approximate surface area is 182 Å². The zero-order valence-corrected chi connectivity index (χ0v) is 18.1. The molecule has 2 atom stereocenters. The largest absolute Gasteiger partial charge is 0.352 e. The van der Waals surface area contributed by atoms with E-state index in [4.69, 9.17) is 0 Å². The van der Waals surface area contributed by atoms with Crippen LogP contribution in [-0.4, -0.2) is 41.0 Å². The number of hydrogen-bond acceptors (Lipinski definition) is 3. The predicted octanol–water partition coefficient (Wildman–Crippen LogP) is 3.28. The van der Waals surface area contributed by atoms with Crippen molar-refractivity contribution in [2.45, 2.75) is 39.2 Å². The lowest BCUT2D eigenvalue weighted by Crippen LogP contribution is -2.50. The molecule has 2 unspecified atom stereocenters. The molecule has 2 aliphatic heterocycles. The summed E-state index contributed by atoms with van der Waals surface area (Å²) in [6.07, 6.45) is 1.89. The lowest BCUT2D eigenvalue weighted by Gasteiger charge is -2.42. The molecule has 3 heterocycles. The van der Waals surface area contributed by atoms with E-state index in [9.17, 15) is 14.4 Å². The van der Waals surface area contributed by atoms with Crippen molar-refractivity contribution >= 4 is 17.6 Å². The number of nitrogens with zero attached hydrogens (tertiary/aromatic N) is 2. The summed E-state index contributed by atoms with van der Waals surface area (Å²) < 4.78 is 1.85. The van der Waals surface area contributed by atoms with Gasteiger partial charge in [-0.1, -0.05) is 32.0 Å². The number of amides is 3. The van der Waals surface area contributed by atoms with Gasteiger partial charge in [-0.05, 0) is 42.9 Å². The first-order valence-corrected chi connectivity index (χ1v) is 11.0.